The second kappa shape index (κ2) is 4.50. The summed E-state index contributed by atoms with van der Waals surface area (Å²) in [6.45, 7) is 8.58. The van der Waals surface area contributed by atoms with Gasteiger partial charge in [0.15, 0.2) is 6.67 Å². The van der Waals surface area contributed by atoms with Gasteiger partial charge in [0.1, 0.15) is 0 Å². The highest BCUT2D eigenvalue weighted by Gasteiger charge is 2.34. The number of amides is 1. The fourth-order valence-electron chi connectivity index (χ4n) is 2.41. The molecule has 1 heterocycles. The number of carbonyl (C=O) groups is 1. The molecule has 0 bridgehead atoms. The quantitative estimate of drug-likeness (QED) is 0.658. The average Bonchev–Trinajstić information content (AvgIpc) is 2.15. The summed E-state index contributed by atoms with van der Waals surface area (Å²) in [5.74, 6) is 0.283. The molecule has 0 aromatic heterocycles. The minimum absolute atomic E-state index is 0.186. The number of alkyl halides is 1. The predicted molar refractivity (Wildman–Crippen MR) is 59.3 cm³/mol. The van der Waals surface area contributed by atoms with E-state index in [0.717, 1.165) is 12.8 Å². The smallest absolute Gasteiger partial charge is 0.254 e. The molecule has 0 radical (unpaired) electrons. The van der Waals surface area contributed by atoms with Crippen LogP contribution in [0.3, 0.4) is 0 Å². The first-order chi connectivity index (χ1) is 6.86. The van der Waals surface area contributed by atoms with Crippen molar-refractivity contribution in [2.45, 2.75) is 46.6 Å². The van der Waals surface area contributed by atoms with Crippen molar-refractivity contribution in [3.63, 3.8) is 0 Å². The molecule has 0 aliphatic carbocycles. The fraction of sp³-hybridized carbons (Fsp3) is 0.917. The summed E-state index contributed by atoms with van der Waals surface area (Å²) in [6.07, 6.45) is 1.99. The summed E-state index contributed by atoms with van der Waals surface area (Å²) in [4.78, 5) is 13.0. The fourth-order valence-corrected chi connectivity index (χ4v) is 2.41. The molecule has 1 rings (SSSR count). The second-order valence-electron chi connectivity index (χ2n) is 5.66. The van der Waals surface area contributed by atoms with Crippen LogP contribution in [0.25, 0.3) is 0 Å². The molecule has 1 aliphatic heterocycles. The third-order valence-corrected chi connectivity index (χ3v) is 3.54. The predicted octanol–water partition coefficient (Wildman–Crippen LogP) is 2.63. The van der Waals surface area contributed by atoms with Gasteiger partial charge in [0, 0.05) is 12.6 Å². The maximum absolute atomic E-state index is 12.3. The SMILES string of the molecule is CC1CC(C(C)(C)C)CCN1C(=O)CF. The van der Waals surface area contributed by atoms with Crippen molar-refractivity contribution in [2.75, 3.05) is 13.2 Å². The van der Waals surface area contributed by atoms with E-state index < -0.39 is 6.67 Å². The van der Waals surface area contributed by atoms with Crippen molar-refractivity contribution in [2.24, 2.45) is 11.3 Å². The van der Waals surface area contributed by atoms with Gasteiger partial charge in [0.05, 0.1) is 0 Å². The lowest BCUT2D eigenvalue weighted by molar-refractivity contribution is -0.136. The Hall–Kier alpha value is -0.600. The molecule has 88 valence electrons. The number of carbonyl (C=O) groups excluding carboxylic acids is 1. The maximum atomic E-state index is 12.3. The van der Waals surface area contributed by atoms with Crippen LogP contribution in [0.15, 0.2) is 0 Å². The molecule has 0 spiro atoms. The first kappa shape index (κ1) is 12.5. The lowest BCUT2D eigenvalue weighted by Gasteiger charge is -2.42. The molecule has 2 nitrogen and oxygen atoms in total. The number of hydrogen-bond donors (Lipinski definition) is 0. The van der Waals surface area contributed by atoms with Crippen LogP contribution < -0.4 is 0 Å². The van der Waals surface area contributed by atoms with Crippen molar-refractivity contribution >= 4 is 5.91 Å². The van der Waals surface area contributed by atoms with Gasteiger partial charge in [-0.3, -0.25) is 4.79 Å². The van der Waals surface area contributed by atoms with Gasteiger partial charge >= 0.3 is 0 Å². The molecule has 0 aromatic rings. The first-order valence-corrected chi connectivity index (χ1v) is 5.71. The van der Waals surface area contributed by atoms with Crippen molar-refractivity contribution in [3.05, 3.63) is 0 Å². The zero-order chi connectivity index (χ0) is 11.6. The molecular weight excluding hydrogens is 193 g/mol. The molecule has 1 aliphatic rings. The van der Waals surface area contributed by atoms with Crippen molar-refractivity contribution < 1.29 is 9.18 Å². The van der Waals surface area contributed by atoms with Crippen LogP contribution in [0.1, 0.15) is 40.5 Å². The maximum Gasteiger partial charge on any atom is 0.254 e. The highest BCUT2D eigenvalue weighted by atomic mass is 19.1. The summed E-state index contributed by atoms with van der Waals surface area (Å²) in [7, 11) is 0. The normalized spacial score (nSPS) is 27.9. The van der Waals surface area contributed by atoms with E-state index >= 15 is 0 Å². The van der Waals surface area contributed by atoms with Crippen LogP contribution in [0.4, 0.5) is 4.39 Å². The summed E-state index contributed by atoms with van der Waals surface area (Å²) in [5.41, 5.74) is 0.291. The van der Waals surface area contributed by atoms with Crippen LogP contribution in [-0.2, 0) is 4.79 Å². The number of nitrogens with zero attached hydrogens (tertiary/aromatic N) is 1. The minimum atomic E-state index is -0.857. The highest BCUT2D eigenvalue weighted by Crippen LogP contribution is 2.36. The Morgan fingerprint density at radius 1 is 1.47 bits per heavy atom. The van der Waals surface area contributed by atoms with Gasteiger partial charge in [-0.2, -0.15) is 0 Å². The van der Waals surface area contributed by atoms with E-state index in [1.165, 1.54) is 0 Å². The molecule has 2 atom stereocenters. The van der Waals surface area contributed by atoms with Crippen LogP contribution in [0.2, 0.25) is 0 Å². The number of hydrogen-bond acceptors (Lipinski definition) is 1. The summed E-state index contributed by atoms with van der Waals surface area (Å²) in [6, 6.07) is 0.186. The van der Waals surface area contributed by atoms with E-state index in [2.05, 4.69) is 20.8 Å². The third-order valence-electron chi connectivity index (χ3n) is 3.54. The lowest BCUT2D eigenvalue weighted by atomic mass is 9.73. The Kier molecular flexibility index (Phi) is 3.74. The topological polar surface area (TPSA) is 20.3 Å². The van der Waals surface area contributed by atoms with Gasteiger partial charge in [-0.1, -0.05) is 20.8 Å². The standard InChI is InChI=1S/C12H22FNO/c1-9-7-10(12(2,3)4)5-6-14(9)11(15)8-13/h9-10H,5-8H2,1-4H3. The van der Waals surface area contributed by atoms with E-state index in [9.17, 15) is 9.18 Å². The summed E-state index contributed by atoms with van der Waals surface area (Å²) in [5, 5.41) is 0. The lowest BCUT2D eigenvalue weighted by Crippen LogP contribution is -2.47. The van der Waals surface area contributed by atoms with Gasteiger partial charge in [-0.25, -0.2) is 4.39 Å². The Balaban J connectivity index is 2.59. The number of rotatable bonds is 1. The van der Waals surface area contributed by atoms with Crippen molar-refractivity contribution in [1.82, 2.24) is 4.90 Å². The van der Waals surface area contributed by atoms with E-state index in [0.29, 0.717) is 17.9 Å². The van der Waals surface area contributed by atoms with Gasteiger partial charge < -0.3 is 4.90 Å². The zero-order valence-corrected chi connectivity index (χ0v) is 10.2. The van der Waals surface area contributed by atoms with Crippen LogP contribution in [-0.4, -0.2) is 30.1 Å². The van der Waals surface area contributed by atoms with Gasteiger partial charge in [-0.05, 0) is 31.1 Å². The Morgan fingerprint density at radius 3 is 2.47 bits per heavy atom. The average molecular weight is 215 g/mol. The molecule has 1 saturated heterocycles. The zero-order valence-electron chi connectivity index (χ0n) is 10.2. The molecule has 15 heavy (non-hydrogen) atoms. The second-order valence-corrected chi connectivity index (χ2v) is 5.66. The first-order valence-electron chi connectivity index (χ1n) is 5.71. The Bertz CT molecular complexity index is 234. The molecule has 0 aromatic carbocycles. The molecule has 0 saturated carbocycles. The molecular formula is C12H22FNO. The summed E-state index contributed by atoms with van der Waals surface area (Å²) < 4.78 is 12.3. The third kappa shape index (κ3) is 2.93. The van der Waals surface area contributed by atoms with Crippen LogP contribution >= 0.6 is 0 Å². The molecule has 1 amide bonds. The monoisotopic (exact) mass is 215 g/mol. The van der Waals surface area contributed by atoms with Crippen molar-refractivity contribution in [1.29, 1.82) is 0 Å². The van der Waals surface area contributed by atoms with Gasteiger partial charge in [-0.15, -0.1) is 0 Å². The minimum Gasteiger partial charge on any atom is -0.338 e. The number of likely N-dealkylation sites (tertiary alicyclic amines) is 1. The molecule has 1 fully saturated rings. The molecule has 0 N–H and O–H groups in total. The number of piperidine rings is 1. The summed E-state index contributed by atoms with van der Waals surface area (Å²) >= 11 is 0. The molecule has 2 unspecified atom stereocenters. The van der Waals surface area contributed by atoms with Crippen LogP contribution in [0.5, 0.6) is 0 Å². The Labute approximate surface area is 91.8 Å². The van der Waals surface area contributed by atoms with Gasteiger partial charge in [0.2, 0.25) is 0 Å². The Morgan fingerprint density at radius 2 is 2.07 bits per heavy atom. The van der Waals surface area contributed by atoms with Crippen molar-refractivity contribution in [3.8, 4) is 0 Å². The van der Waals surface area contributed by atoms with E-state index in [4.69, 9.17) is 0 Å². The van der Waals surface area contributed by atoms with Gasteiger partial charge in [0.25, 0.3) is 5.91 Å². The molecule has 3 heteroatoms. The number of halogens is 1. The van der Waals surface area contributed by atoms with E-state index in [1.54, 1.807) is 4.90 Å². The largest absolute Gasteiger partial charge is 0.338 e. The van der Waals surface area contributed by atoms with E-state index in [-0.39, 0.29) is 11.9 Å². The van der Waals surface area contributed by atoms with Crippen LogP contribution in [0, 0.1) is 11.3 Å². The van der Waals surface area contributed by atoms with E-state index in [1.807, 2.05) is 6.92 Å². The highest BCUT2D eigenvalue weighted by molar-refractivity contribution is 5.77.